The van der Waals surface area contributed by atoms with E-state index in [9.17, 15) is 0 Å². The van der Waals surface area contributed by atoms with Gasteiger partial charge < -0.3 is 19.4 Å². The minimum atomic E-state index is 0. The number of nitrogens with zero attached hydrogens (tertiary/aromatic N) is 3. The number of fused-ring (bicyclic) bond motifs is 1. The minimum absolute atomic E-state index is 0. The smallest absolute Gasteiger partial charge is 0.194 e. The Labute approximate surface area is 177 Å². The highest BCUT2D eigenvalue weighted by atomic mass is 127. The van der Waals surface area contributed by atoms with Crippen LogP contribution in [0, 0.1) is 6.92 Å². The second-order valence-electron chi connectivity index (χ2n) is 7.08. The molecule has 1 N–H and O–H groups in total. The number of halogens is 1. The van der Waals surface area contributed by atoms with Gasteiger partial charge in [0.1, 0.15) is 11.3 Å². The topological polar surface area (TPSA) is 53.2 Å². The number of ether oxygens (including phenoxy) is 1. The highest BCUT2D eigenvalue weighted by Gasteiger charge is 2.30. The summed E-state index contributed by atoms with van der Waals surface area (Å²) in [5.74, 6) is 1.94. The largest absolute Gasteiger partial charge is 0.459 e. The molecule has 148 valence electrons. The Bertz CT molecular complexity index is 785. The number of aliphatic imine (C=N–C) groups is 1. The van der Waals surface area contributed by atoms with Gasteiger partial charge in [-0.15, -0.1) is 24.0 Å². The number of hydrogen-bond acceptors (Lipinski definition) is 4. The summed E-state index contributed by atoms with van der Waals surface area (Å²) in [6.07, 6.45) is 1.18. The van der Waals surface area contributed by atoms with E-state index >= 15 is 0 Å². The second kappa shape index (κ2) is 9.25. The molecule has 6 nitrogen and oxygen atoms in total. The first kappa shape index (κ1) is 20.4. The number of nitrogens with one attached hydrogen (secondary N) is 1. The first-order valence-electron chi connectivity index (χ1n) is 9.50. The summed E-state index contributed by atoms with van der Waals surface area (Å²) in [6.45, 7) is 8.65. The van der Waals surface area contributed by atoms with Crippen LogP contribution in [-0.2, 0) is 11.3 Å². The molecule has 2 fully saturated rings. The molecule has 1 aromatic heterocycles. The highest BCUT2D eigenvalue weighted by molar-refractivity contribution is 14.0. The van der Waals surface area contributed by atoms with Gasteiger partial charge in [-0.2, -0.15) is 0 Å². The number of hydrogen-bond donors (Lipinski definition) is 1. The van der Waals surface area contributed by atoms with Crippen molar-refractivity contribution in [2.24, 2.45) is 4.99 Å². The zero-order valence-electron chi connectivity index (χ0n) is 16.1. The maximum atomic E-state index is 6.01. The van der Waals surface area contributed by atoms with Crippen molar-refractivity contribution < 1.29 is 9.15 Å². The van der Waals surface area contributed by atoms with Crippen molar-refractivity contribution in [3.8, 4) is 0 Å². The van der Waals surface area contributed by atoms with Crippen LogP contribution in [0.25, 0.3) is 11.0 Å². The molecule has 4 rings (SSSR count). The average Bonchev–Trinajstić information content (AvgIpc) is 3.29. The van der Waals surface area contributed by atoms with Gasteiger partial charge in [0, 0.05) is 50.2 Å². The van der Waals surface area contributed by atoms with E-state index in [4.69, 9.17) is 9.15 Å². The van der Waals surface area contributed by atoms with Gasteiger partial charge in [0.05, 0.1) is 19.8 Å². The minimum Gasteiger partial charge on any atom is -0.459 e. The van der Waals surface area contributed by atoms with E-state index in [1.165, 1.54) is 17.4 Å². The molecule has 0 amide bonds. The summed E-state index contributed by atoms with van der Waals surface area (Å²) in [5.41, 5.74) is 2.15. The van der Waals surface area contributed by atoms with E-state index in [2.05, 4.69) is 39.2 Å². The predicted molar refractivity (Wildman–Crippen MR) is 119 cm³/mol. The van der Waals surface area contributed by atoms with E-state index < -0.39 is 0 Å². The Morgan fingerprint density at radius 1 is 1.22 bits per heavy atom. The van der Waals surface area contributed by atoms with Crippen molar-refractivity contribution in [3.63, 3.8) is 0 Å². The molecule has 0 aliphatic carbocycles. The monoisotopic (exact) mass is 484 g/mol. The van der Waals surface area contributed by atoms with Crippen LogP contribution in [0.1, 0.15) is 17.7 Å². The summed E-state index contributed by atoms with van der Waals surface area (Å²) in [6, 6.07) is 8.80. The van der Waals surface area contributed by atoms with Gasteiger partial charge in [0.15, 0.2) is 5.96 Å². The van der Waals surface area contributed by atoms with Crippen molar-refractivity contribution in [1.29, 1.82) is 0 Å². The molecule has 1 aromatic carbocycles. The fraction of sp³-hybridized carbons (Fsp3) is 0.550. The van der Waals surface area contributed by atoms with Crippen LogP contribution in [0.15, 0.2) is 33.7 Å². The molecule has 7 heteroatoms. The Hall–Kier alpha value is -1.32. The summed E-state index contributed by atoms with van der Waals surface area (Å²) in [4.78, 5) is 9.41. The standard InChI is InChI=1S/C20H28N4O2.HI/c1-15-17-5-3-4-6-18(17)26-19(15)13-22-20(21-2)24-8-7-16(14-24)23-9-11-25-12-10-23;/h3-6,16H,7-14H2,1-2H3,(H,21,22);1H. The van der Waals surface area contributed by atoms with Crippen molar-refractivity contribution >= 4 is 40.9 Å². The fourth-order valence-electron chi connectivity index (χ4n) is 4.06. The average molecular weight is 484 g/mol. The summed E-state index contributed by atoms with van der Waals surface area (Å²) in [7, 11) is 1.86. The molecular formula is C20H29IN4O2. The van der Waals surface area contributed by atoms with Crippen LogP contribution in [0.4, 0.5) is 0 Å². The number of rotatable bonds is 3. The van der Waals surface area contributed by atoms with Crippen LogP contribution < -0.4 is 5.32 Å². The van der Waals surface area contributed by atoms with Crippen molar-refractivity contribution in [2.45, 2.75) is 25.9 Å². The lowest BCUT2D eigenvalue weighted by atomic mass is 10.1. The molecular weight excluding hydrogens is 455 g/mol. The number of benzene rings is 1. The quantitative estimate of drug-likeness (QED) is 0.413. The van der Waals surface area contributed by atoms with E-state index in [1.807, 2.05) is 19.2 Å². The molecule has 2 aliphatic rings. The van der Waals surface area contributed by atoms with Crippen LogP contribution in [0.5, 0.6) is 0 Å². The Morgan fingerprint density at radius 2 is 2.00 bits per heavy atom. The zero-order valence-corrected chi connectivity index (χ0v) is 18.4. The number of aryl methyl sites for hydroxylation is 1. The van der Waals surface area contributed by atoms with E-state index in [0.29, 0.717) is 12.6 Å². The number of likely N-dealkylation sites (tertiary alicyclic amines) is 1. The first-order valence-corrected chi connectivity index (χ1v) is 9.50. The molecule has 0 radical (unpaired) electrons. The summed E-state index contributed by atoms with van der Waals surface area (Å²) < 4.78 is 11.5. The van der Waals surface area contributed by atoms with Crippen LogP contribution >= 0.6 is 24.0 Å². The predicted octanol–water partition coefficient (Wildman–Crippen LogP) is 2.84. The highest BCUT2D eigenvalue weighted by Crippen LogP contribution is 2.25. The molecule has 2 saturated heterocycles. The van der Waals surface area contributed by atoms with Gasteiger partial charge in [-0.1, -0.05) is 18.2 Å². The van der Waals surface area contributed by atoms with Gasteiger partial charge in [0.2, 0.25) is 0 Å². The SMILES string of the molecule is CN=C(NCc1oc2ccccc2c1C)N1CCC(N2CCOCC2)C1.I. The molecule has 0 bridgehead atoms. The number of morpholine rings is 1. The van der Waals surface area contributed by atoms with Crippen LogP contribution in [0.2, 0.25) is 0 Å². The van der Waals surface area contributed by atoms with E-state index in [1.54, 1.807) is 0 Å². The maximum Gasteiger partial charge on any atom is 0.194 e. The van der Waals surface area contributed by atoms with Gasteiger partial charge in [-0.25, -0.2) is 0 Å². The third kappa shape index (κ3) is 4.41. The first-order chi connectivity index (χ1) is 12.8. The lowest BCUT2D eigenvalue weighted by Crippen LogP contribution is -2.46. The van der Waals surface area contributed by atoms with Gasteiger partial charge >= 0.3 is 0 Å². The lowest BCUT2D eigenvalue weighted by Gasteiger charge is -2.32. The molecule has 27 heavy (non-hydrogen) atoms. The van der Waals surface area contributed by atoms with Gasteiger partial charge in [-0.05, 0) is 19.4 Å². The third-order valence-corrected chi connectivity index (χ3v) is 5.59. The third-order valence-electron chi connectivity index (χ3n) is 5.59. The number of guanidine groups is 1. The fourth-order valence-corrected chi connectivity index (χ4v) is 4.06. The molecule has 2 aromatic rings. The van der Waals surface area contributed by atoms with Gasteiger partial charge in [-0.3, -0.25) is 9.89 Å². The van der Waals surface area contributed by atoms with E-state index in [-0.39, 0.29) is 24.0 Å². The molecule has 1 atom stereocenters. The Kier molecular flexibility index (Phi) is 6.99. The van der Waals surface area contributed by atoms with E-state index in [0.717, 1.165) is 56.7 Å². The summed E-state index contributed by atoms with van der Waals surface area (Å²) in [5, 5.41) is 4.68. The van der Waals surface area contributed by atoms with Crippen molar-refractivity contribution in [2.75, 3.05) is 46.4 Å². The lowest BCUT2D eigenvalue weighted by molar-refractivity contribution is 0.0195. The molecule has 2 aliphatic heterocycles. The normalized spacial score (nSPS) is 21.5. The Balaban J connectivity index is 0.00000210. The number of para-hydroxylation sites is 1. The molecule has 3 heterocycles. The summed E-state index contributed by atoms with van der Waals surface area (Å²) >= 11 is 0. The Morgan fingerprint density at radius 3 is 2.74 bits per heavy atom. The maximum absolute atomic E-state index is 6.01. The molecule has 0 saturated carbocycles. The van der Waals surface area contributed by atoms with Crippen LogP contribution in [-0.4, -0.2) is 68.2 Å². The second-order valence-corrected chi connectivity index (χ2v) is 7.08. The van der Waals surface area contributed by atoms with Crippen molar-refractivity contribution in [3.05, 3.63) is 35.6 Å². The molecule has 0 spiro atoms. The number of furan rings is 1. The van der Waals surface area contributed by atoms with Crippen LogP contribution in [0.3, 0.4) is 0 Å². The van der Waals surface area contributed by atoms with Gasteiger partial charge in [0.25, 0.3) is 0 Å². The molecule has 1 unspecified atom stereocenters. The van der Waals surface area contributed by atoms with Crippen molar-refractivity contribution in [1.82, 2.24) is 15.1 Å². The zero-order chi connectivity index (χ0) is 17.9.